The van der Waals surface area contributed by atoms with Crippen molar-refractivity contribution < 1.29 is 8.78 Å². The lowest BCUT2D eigenvalue weighted by molar-refractivity contribution is 0.578. The first-order valence-corrected chi connectivity index (χ1v) is 6.58. The zero-order valence-electron chi connectivity index (χ0n) is 11.3. The number of nitrogens with zero attached hydrogens (tertiary/aromatic N) is 1. The van der Waals surface area contributed by atoms with Gasteiger partial charge in [0.15, 0.2) is 23.3 Å². The molecule has 0 radical (unpaired) electrons. The van der Waals surface area contributed by atoms with Crippen molar-refractivity contribution >= 4 is 11.6 Å². The normalized spacial score (nSPS) is 10.3. The van der Waals surface area contributed by atoms with E-state index in [9.17, 15) is 8.78 Å². The lowest BCUT2D eigenvalue weighted by atomic mass is 10.1. The molecule has 0 aliphatic carbocycles. The summed E-state index contributed by atoms with van der Waals surface area (Å²) >= 11 is 0. The standard InChI is InChI=1S/C15H17F2N3/c1-2-18-14-12(16)10-13(17)15(20-14)19-9-8-11-6-4-3-5-7-11/h3-7,10H,2,8-9H2,1H3,(H2,18,19,20). The third-order valence-electron chi connectivity index (χ3n) is 2.82. The number of benzene rings is 1. The number of pyridine rings is 1. The van der Waals surface area contributed by atoms with E-state index in [1.807, 2.05) is 37.3 Å². The van der Waals surface area contributed by atoms with Crippen molar-refractivity contribution in [3.8, 4) is 0 Å². The van der Waals surface area contributed by atoms with Crippen LogP contribution in [0.1, 0.15) is 12.5 Å². The van der Waals surface area contributed by atoms with Crippen LogP contribution in [-0.4, -0.2) is 18.1 Å². The van der Waals surface area contributed by atoms with Crippen LogP contribution in [0.5, 0.6) is 0 Å². The predicted molar refractivity (Wildman–Crippen MR) is 77.0 cm³/mol. The Kier molecular flexibility index (Phi) is 4.87. The highest BCUT2D eigenvalue weighted by atomic mass is 19.1. The molecule has 2 N–H and O–H groups in total. The fraction of sp³-hybridized carbons (Fsp3) is 0.267. The molecule has 0 aliphatic rings. The summed E-state index contributed by atoms with van der Waals surface area (Å²) in [7, 11) is 0. The first-order chi connectivity index (χ1) is 9.70. The van der Waals surface area contributed by atoms with E-state index in [0.29, 0.717) is 13.1 Å². The van der Waals surface area contributed by atoms with Gasteiger partial charge in [-0.05, 0) is 18.9 Å². The fourth-order valence-corrected chi connectivity index (χ4v) is 1.85. The number of nitrogens with one attached hydrogen (secondary N) is 2. The average Bonchev–Trinajstić information content (AvgIpc) is 2.45. The van der Waals surface area contributed by atoms with E-state index in [-0.39, 0.29) is 11.6 Å². The number of rotatable bonds is 6. The summed E-state index contributed by atoms with van der Waals surface area (Å²) in [6.07, 6.45) is 0.746. The molecule has 0 saturated heterocycles. The molecule has 106 valence electrons. The summed E-state index contributed by atoms with van der Waals surface area (Å²) in [5, 5.41) is 5.65. The Morgan fingerprint density at radius 3 is 2.30 bits per heavy atom. The molecule has 1 aromatic carbocycles. The van der Waals surface area contributed by atoms with Crippen molar-refractivity contribution in [2.45, 2.75) is 13.3 Å². The molecule has 20 heavy (non-hydrogen) atoms. The van der Waals surface area contributed by atoms with Gasteiger partial charge in [0.25, 0.3) is 0 Å². The summed E-state index contributed by atoms with van der Waals surface area (Å²) in [4.78, 5) is 3.92. The van der Waals surface area contributed by atoms with E-state index < -0.39 is 11.6 Å². The summed E-state index contributed by atoms with van der Waals surface area (Å²) in [6, 6.07) is 10.7. The Balaban J connectivity index is 2.00. The van der Waals surface area contributed by atoms with Crippen LogP contribution in [0.4, 0.5) is 20.4 Å². The molecule has 0 atom stereocenters. The first kappa shape index (κ1) is 14.2. The highest BCUT2D eigenvalue weighted by molar-refractivity contribution is 5.47. The van der Waals surface area contributed by atoms with Gasteiger partial charge < -0.3 is 10.6 Å². The molecule has 0 amide bonds. The molecule has 0 bridgehead atoms. The van der Waals surface area contributed by atoms with Crippen LogP contribution in [0.25, 0.3) is 0 Å². The van der Waals surface area contributed by atoms with Crippen LogP contribution in [0.15, 0.2) is 36.4 Å². The SMILES string of the molecule is CCNc1nc(NCCc2ccccc2)c(F)cc1F. The molecule has 1 heterocycles. The molecule has 0 aliphatic heterocycles. The van der Waals surface area contributed by atoms with Gasteiger partial charge in [-0.3, -0.25) is 0 Å². The van der Waals surface area contributed by atoms with Gasteiger partial charge in [-0.2, -0.15) is 0 Å². The Morgan fingerprint density at radius 1 is 1.00 bits per heavy atom. The molecular weight excluding hydrogens is 260 g/mol. The fourth-order valence-electron chi connectivity index (χ4n) is 1.85. The Labute approximate surface area is 117 Å². The lowest BCUT2D eigenvalue weighted by Gasteiger charge is -2.10. The van der Waals surface area contributed by atoms with Gasteiger partial charge in [-0.1, -0.05) is 30.3 Å². The largest absolute Gasteiger partial charge is 0.368 e. The maximum Gasteiger partial charge on any atom is 0.168 e. The van der Waals surface area contributed by atoms with Gasteiger partial charge in [0.1, 0.15) is 0 Å². The lowest BCUT2D eigenvalue weighted by Crippen LogP contribution is -2.11. The van der Waals surface area contributed by atoms with Crippen molar-refractivity contribution in [2.24, 2.45) is 0 Å². The maximum absolute atomic E-state index is 13.6. The van der Waals surface area contributed by atoms with E-state index in [2.05, 4.69) is 15.6 Å². The maximum atomic E-state index is 13.6. The Bertz CT molecular complexity index is 559. The van der Waals surface area contributed by atoms with Gasteiger partial charge in [-0.15, -0.1) is 0 Å². The average molecular weight is 277 g/mol. The summed E-state index contributed by atoms with van der Waals surface area (Å²) in [6.45, 7) is 2.89. The number of hydrogen-bond donors (Lipinski definition) is 2. The smallest absolute Gasteiger partial charge is 0.168 e. The van der Waals surface area contributed by atoms with Crippen molar-refractivity contribution in [1.82, 2.24) is 4.98 Å². The second-order valence-electron chi connectivity index (χ2n) is 4.34. The third kappa shape index (κ3) is 3.66. The van der Waals surface area contributed by atoms with Gasteiger partial charge in [0, 0.05) is 19.2 Å². The third-order valence-corrected chi connectivity index (χ3v) is 2.82. The molecule has 0 unspecified atom stereocenters. The van der Waals surface area contributed by atoms with Crippen LogP contribution in [-0.2, 0) is 6.42 Å². The quantitative estimate of drug-likeness (QED) is 0.849. The van der Waals surface area contributed by atoms with Crippen LogP contribution in [0.2, 0.25) is 0 Å². The molecule has 0 saturated carbocycles. The van der Waals surface area contributed by atoms with E-state index in [1.165, 1.54) is 0 Å². The van der Waals surface area contributed by atoms with Gasteiger partial charge >= 0.3 is 0 Å². The van der Waals surface area contributed by atoms with Crippen molar-refractivity contribution in [3.63, 3.8) is 0 Å². The van der Waals surface area contributed by atoms with E-state index in [0.717, 1.165) is 18.1 Å². The van der Waals surface area contributed by atoms with Crippen molar-refractivity contribution in [3.05, 3.63) is 53.6 Å². The van der Waals surface area contributed by atoms with Gasteiger partial charge in [-0.25, -0.2) is 13.8 Å². The molecule has 5 heteroatoms. The molecule has 1 aromatic heterocycles. The van der Waals surface area contributed by atoms with Crippen molar-refractivity contribution in [1.29, 1.82) is 0 Å². The summed E-state index contributed by atoms with van der Waals surface area (Å²) in [5.74, 6) is -1.23. The molecule has 0 spiro atoms. The van der Waals surface area contributed by atoms with Crippen LogP contribution >= 0.6 is 0 Å². The number of hydrogen-bond acceptors (Lipinski definition) is 3. The Morgan fingerprint density at radius 2 is 1.65 bits per heavy atom. The molecular formula is C15H17F2N3. The monoisotopic (exact) mass is 277 g/mol. The minimum atomic E-state index is -0.683. The van der Waals surface area contributed by atoms with Gasteiger partial charge in [0.2, 0.25) is 0 Å². The van der Waals surface area contributed by atoms with E-state index in [1.54, 1.807) is 0 Å². The molecule has 3 nitrogen and oxygen atoms in total. The topological polar surface area (TPSA) is 37.0 Å². The zero-order chi connectivity index (χ0) is 14.4. The molecule has 2 aromatic rings. The zero-order valence-corrected chi connectivity index (χ0v) is 11.3. The van der Waals surface area contributed by atoms with E-state index in [4.69, 9.17) is 0 Å². The minimum Gasteiger partial charge on any atom is -0.368 e. The second kappa shape index (κ2) is 6.84. The van der Waals surface area contributed by atoms with Crippen LogP contribution < -0.4 is 10.6 Å². The van der Waals surface area contributed by atoms with Crippen LogP contribution in [0.3, 0.4) is 0 Å². The number of aromatic nitrogens is 1. The Hall–Kier alpha value is -2.17. The predicted octanol–water partition coefficient (Wildman–Crippen LogP) is 3.45. The second-order valence-corrected chi connectivity index (χ2v) is 4.34. The molecule has 2 rings (SSSR count). The summed E-state index contributed by atoms with van der Waals surface area (Å²) in [5.41, 5.74) is 1.15. The first-order valence-electron chi connectivity index (χ1n) is 6.58. The van der Waals surface area contributed by atoms with E-state index >= 15 is 0 Å². The number of halogens is 2. The number of anilines is 2. The van der Waals surface area contributed by atoms with Crippen molar-refractivity contribution in [2.75, 3.05) is 23.7 Å². The highest BCUT2D eigenvalue weighted by Gasteiger charge is 2.10. The highest BCUT2D eigenvalue weighted by Crippen LogP contribution is 2.18. The molecule has 0 fully saturated rings. The summed E-state index contributed by atoms with van der Waals surface area (Å²) < 4.78 is 27.0. The minimum absolute atomic E-state index is 0.0658. The van der Waals surface area contributed by atoms with Gasteiger partial charge in [0.05, 0.1) is 0 Å². The van der Waals surface area contributed by atoms with Crippen LogP contribution in [0, 0.1) is 11.6 Å².